The van der Waals surface area contributed by atoms with E-state index in [0.717, 1.165) is 12.5 Å². The summed E-state index contributed by atoms with van der Waals surface area (Å²) in [6.45, 7) is 1.14. The van der Waals surface area contributed by atoms with Crippen molar-refractivity contribution in [2.45, 2.75) is 17.4 Å². The molecular weight excluding hydrogens is 365 g/mol. The molecule has 0 amide bonds. The molecular formula is C10H9Br2F3N2. The SMILES string of the molecule is FC(F)(F)c1cc(Br)cnc1N1CCC(Br)C1. The summed E-state index contributed by atoms with van der Waals surface area (Å²) in [6.07, 6.45) is -2.16. The van der Waals surface area contributed by atoms with E-state index in [1.807, 2.05) is 0 Å². The molecule has 0 saturated carbocycles. The van der Waals surface area contributed by atoms with Crippen LogP contribution in [0.4, 0.5) is 19.0 Å². The number of aromatic nitrogens is 1. The molecule has 0 N–H and O–H groups in total. The van der Waals surface area contributed by atoms with Crippen LogP contribution in [0.2, 0.25) is 0 Å². The van der Waals surface area contributed by atoms with E-state index in [2.05, 4.69) is 36.8 Å². The summed E-state index contributed by atoms with van der Waals surface area (Å²) < 4.78 is 39.0. The molecule has 0 aliphatic carbocycles. The van der Waals surface area contributed by atoms with Crippen molar-refractivity contribution in [1.29, 1.82) is 0 Å². The molecule has 1 aliphatic rings. The Balaban J connectivity index is 2.39. The van der Waals surface area contributed by atoms with Gasteiger partial charge in [-0.1, -0.05) is 15.9 Å². The van der Waals surface area contributed by atoms with Gasteiger partial charge in [0.05, 0.1) is 5.56 Å². The number of alkyl halides is 4. The van der Waals surface area contributed by atoms with Crippen LogP contribution in [0.25, 0.3) is 0 Å². The van der Waals surface area contributed by atoms with E-state index in [4.69, 9.17) is 0 Å². The van der Waals surface area contributed by atoms with Crippen LogP contribution in [0.3, 0.4) is 0 Å². The topological polar surface area (TPSA) is 16.1 Å². The molecule has 1 aliphatic heterocycles. The number of rotatable bonds is 1. The van der Waals surface area contributed by atoms with Crippen LogP contribution in [-0.4, -0.2) is 22.9 Å². The van der Waals surface area contributed by atoms with Crippen molar-refractivity contribution >= 4 is 37.7 Å². The first-order chi connectivity index (χ1) is 7.88. The average Bonchev–Trinajstić information content (AvgIpc) is 2.63. The molecule has 2 heterocycles. The highest BCUT2D eigenvalue weighted by molar-refractivity contribution is 9.10. The summed E-state index contributed by atoms with van der Waals surface area (Å²) in [4.78, 5) is 5.79. The summed E-state index contributed by atoms with van der Waals surface area (Å²) >= 11 is 6.42. The number of halogens is 5. The van der Waals surface area contributed by atoms with Gasteiger partial charge in [0.25, 0.3) is 0 Å². The zero-order valence-corrected chi connectivity index (χ0v) is 11.8. The van der Waals surface area contributed by atoms with Crippen LogP contribution in [0.5, 0.6) is 0 Å². The molecule has 0 aromatic carbocycles. The van der Waals surface area contributed by atoms with Crippen LogP contribution >= 0.6 is 31.9 Å². The maximum absolute atomic E-state index is 12.9. The summed E-state index contributed by atoms with van der Waals surface area (Å²) in [5.74, 6) is 0.0163. The van der Waals surface area contributed by atoms with Gasteiger partial charge < -0.3 is 4.90 Å². The minimum absolute atomic E-state index is 0.0163. The molecule has 2 rings (SSSR count). The molecule has 0 bridgehead atoms. The minimum Gasteiger partial charge on any atom is -0.355 e. The Morgan fingerprint density at radius 2 is 2.12 bits per heavy atom. The summed E-state index contributed by atoms with van der Waals surface area (Å²) in [5.41, 5.74) is -0.687. The standard InChI is InChI=1S/C10H9Br2F3N2/c11-6-1-2-17(5-6)9-8(10(13,14)15)3-7(12)4-16-9/h3-4,6H,1-2,5H2. The first kappa shape index (κ1) is 13.1. The lowest BCUT2D eigenvalue weighted by Gasteiger charge is -2.21. The highest BCUT2D eigenvalue weighted by Gasteiger charge is 2.37. The lowest BCUT2D eigenvalue weighted by Crippen LogP contribution is -2.24. The van der Waals surface area contributed by atoms with Gasteiger partial charge in [-0.25, -0.2) is 4.98 Å². The maximum atomic E-state index is 12.9. The molecule has 1 fully saturated rings. The fraction of sp³-hybridized carbons (Fsp3) is 0.500. The number of anilines is 1. The van der Waals surface area contributed by atoms with Gasteiger partial charge in [-0.15, -0.1) is 0 Å². The van der Waals surface area contributed by atoms with Gasteiger partial charge in [-0.05, 0) is 28.4 Å². The van der Waals surface area contributed by atoms with Crippen molar-refractivity contribution in [3.8, 4) is 0 Å². The monoisotopic (exact) mass is 372 g/mol. The average molecular weight is 374 g/mol. The molecule has 0 spiro atoms. The molecule has 7 heteroatoms. The van der Waals surface area contributed by atoms with E-state index in [1.54, 1.807) is 4.90 Å². The first-order valence-electron chi connectivity index (χ1n) is 4.99. The molecule has 1 aromatic rings. The Hall–Kier alpha value is -0.300. The first-order valence-corrected chi connectivity index (χ1v) is 6.70. The van der Waals surface area contributed by atoms with E-state index in [0.29, 0.717) is 17.6 Å². The van der Waals surface area contributed by atoms with E-state index in [9.17, 15) is 13.2 Å². The van der Waals surface area contributed by atoms with Crippen molar-refractivity contribution < 1.29 is 13.2 Å². The second-order valence-corrected chi connectivity index (χ2v) is 6.07. The van der Waals surface area contributed by atoms with Gasteiger partial charge in [0.15, 0.2) is 0 Å². The predicted octanol–water partition coefficient (Wildman–Crippen LogP) is 3.84. The third-order valence-corrected chi connectivity index (χ3v) is 3.75. The lowest BCUT2D eigenvalue weighted by molar-refractivity contribution is -0.137. The normalized spacial score (nSPS) is 21.0. The molecule has 1 atom stereocenters. The smallest absolute Gasteiger partial charge is 0.355 e. The van der Waals surface area contributed by atoms with Gasteiger partial charge in [-0.2, -0.15) is 13.2 Å². The van der Waals surface area contributed by atoms with Crippen LogP contribution in [-0.2, 0) is 6.18 Å². The third kappa shape index (κ3) is 2.93. The second kappa shape index (κ2) is 4.76. The van der Waals surface area contributed by atoms with Crippen molar-refractivity contribution in [2.24, 2.45) is 0 Å². The zero-order chi connectivity index (χ0) is 12.6. The number of nitrogens with zero attached hydrogens (tertiary/aromatic N) is 2. The predicted molar refractivity (Wildman–Crippen MR) is 66.5 cm³/mol. The Kier molecular flexibility index (Phi) is 3.68. The van der Waals surface area contributed by atoms with E-state index < -0.39 is 11.7 Å². The number of pyridine rings is 1. The molecule has 1 saturated heterocycles. The van der Waals surface area contributed by atoms with Crippen LogP contribution < -0.4 is 4.90 Å². The van der Waals surface area contributed by atoms with Crippen molar-refractivity contribution in [3.63, 3.8) is 0 Å². The fourth-order valence-electron chi connectivity index (χ4n) is 1.80. The summed E-state index contributed by atoms with van der Waals surface area (Å²) in [5, 5.41) is 0. The largest absolute Gasteiger partial charge is 0.419 e. The molecule has 1 aromatic heterocycles. The van der Waals surface area contributed by atoms with Crippen LogP contribution in [0, 0.1) is 0 Å². The Morgan fingerprint density at radius 1 is 1.41 bits per heavy atom. The minimum atomic E-state index is -4.38. The van der Waals surface area contributed by atoms with Crippen molar-refractivity contribution in [3.05, 3.63) is 22.3 Å². The second-order valence-electron chi connectivity index (χ2n) is 3.85. The van der Waals surface area contributed by atoms with Crippen molar-refractivity contribution in [1.82, 2.24) is 4.98 Å². The number of hydrogen-bond donors (Lipinski definition) is 0. The summed E-state index contributed by atoms with van der Waals surface area (Å²) in [7, 11) is 0. The Bertz CT molecular complexity index is 423. The fourth-order valence-corrected chi connectivity index (χ4v) is 2.69. The van der Waals surface area contributed by atoms with Gasteiger partial charge in [0.2, 0.25) is 0 Å². The molecule has 17 heavy (non-hydrogen) atoms. The van der Waals surface area contributed by atoms with Gasteiger partial charge in [0.1, 0.15) is 5.82 Å². The lowest BCUT2D eigenvalue weighted by atomic mass is 10.2. The zero-order valence-electron chi connectivity index (χ0n) is 8.64. The van der Waals surface area contributed by atoms with Gasteiger partial charge in [-0.3, -0.25) is 0 Å². The van der Waals surface area contributed by atoms with Crippen LogP contribution in [0.15, 0.2) is 16.7 Å². The highest BCUT2D eigenvalue weighted by atomic mass is 79.9. The molecule has 2 nitrogen and oxygen atoms in total. The Labute approximate surface area is 113 Å². The van der Waals surface area contributed by atoms with Gasteiger partial charge in [0, 0.05) is 28.6 Å². The van der Waals surface area contributed by atoms with Crippen molar-refractivity contribution in [2.75, 3.05) is 18.0 Å². The van der Waals surface area contributed by atoms with E-state index in [1.165, 1.54) is 6.20 Å². The maximum Gasteiger partial charge on any atom is 0.419 e. The molecule has 0 radical (unpaired) electrons. The quantitative estimate of drug-likeness (QED) is 0.695. The van der Waals surface area contributed by atoms with E-state index >= 15 is 0 Å². The Morgan fingerprint density at radius 3 is 2.65 bits per heavy atom. The van der Waals surface area contributed by atoms with Gasteiger partial charge >= 0.3 is 6.18 Å². The summed E-state index contributed by atoms with van der Waals surface area (Å²) in [6, 6.07) is 1.07. The highest BCUT2D eigenvalue weighted by Crippen LogP contribution is 2.38. The third-order valence-electron chi connectivity index (χ3n) is 2.57. The molecule has 1 unspecified atom stereocenters. The number of hydrogen-bond acceptors (Lipinski definition) is 2. The van der Waals surface area contributed by atoms with E-state index in [-0.39, 0.29) is 10.6 Å². The molecule has 94 valence electrons. The van der Waals surface area contributed by atoms with Crippen LogP contribution in [0.1, 0.15) is 12.0 Å².